The van der Waals surface area contributed by atoms with E-state index in [9.17, 15) is 14.4 Å². The first-order valence-corrected chi connectivity index (χ1v) is 14.2. The van der Waals surface area contributed by atoms with Crippen molar-refractivity contribution in [3.63, 3.8) is 0 Å². The molecule has 0 radical (unpaired) electrons. The van der Waals surface area contributed by atoms with Crippen molar-refractivity contribution in [2.45, 2.75) is 51.8 Å². The number of rotatable bonds is 14. The van der Waals surface area contributed by atoms with E-state index in [1.807, 2.05) is 111 Å². The van der Waals surface area contributed by atoms with E-state index in [0.717, 1.165) is 21.9 Å². The molecule has 0 aliphatic rings. The highest BCUT2D eigenvalue weighted by molar-refractivity contribution is 6.08. The zero-order chi connectivity index (χ0) is 29.0. The summed E-state index contributed by atoms with van der Waals surface area (Å²) in [4.78, 5) is 40.4. The molecule has 212 valence electrons. The normalized spacial score (nSPS) is 13.2. The first-order valence-electron chi connectivity index (χ1n) is 14.2. The summed E-state index contributed by atoms with van der Waals surface area (Å²) in [5, 5.41) is 7.70. The SMILES string of the molecule is CC[C@@H](C)[C@H](NC(=O)c1cccc2ccccc12)C(=O)N[C@@H](CCc1ccccc1)C(=O)COCc1ccccc1. The Bertz CT molecular complexity index is 1430. The van der Waals surface area contributed by atoms with E-state index in [0.29, 0.717) is 31.4 Å². The lowest BCUT2D eigenvalue weighted by atomic mass is 9.95. The second-order valence-electron chi connectivity index (χ2n) is 10.4. The molecule has 6 nitrogen and oxygen atoms in total. The summed E-state index contributed by atoms with van der Waals surface area (Å²) in [6.07, 6.45) is 1.72. The third kappa shape index (κ3) is 8.35. The van der Waals surface area contributed by atoms with Crippen molar-refractivity contribution in [1.82, 2.24) is 10.6 Å². The predicted octanol–water partition coefficient (Wildman–Crippen LogP) is 5.89. The van der Waals surface area contributed by atoms with Crippen molar-refractivity contribution >= 4 is 28.4 Å². The maximum Gasteiger partial charge on any atom is 0.252 e. The van der Waals surface area contributed by atoms with Crippen LogP contribution in [0.3, 0.4) is 0 Å². The number of ether oxygens (including phenoxy) is 1. The monoisotopic (exact) mass is 550 g/mol. The van der Waals surface area contributed by atoms with Crippen LogP contribution in [0.4, 0.5) is 0 Å². The van der Waals surface area contributed by atoms with Crippen LogP contribution in [0.25, 0.3) is 10.8 Å². The van der Waals surface area contributed by atoms with E-state index in [-0.39, 0.29) is 30.1 Å². The zero-order valence-electron chi connectivity index (χ0n) is 23.7. The molecule has 0 aliphatic carbocycles. The van der Waals surface area contributed by atoms with E-state index in [2.05, 4.69) is 10.6 Å². The predicted molar refractivity (Wildman–Crippen MR) is 162 cm³/mol. The minimum absolute atomic E-state index is 0.120. The summed E-state index contributed by atoms with van der Waals surface area (Å²) < 4.78 is 5.72. The van der Waals surface area contributed by atoms with Gasteiger partial charge in [-0.05, 0) is 46.7 Å². The quantitative estimate of drug-likeness (QED) is 0.205. The van der Waals surface area contributed by atoms with Gasteiger partial charge in [0.25, 0.3) is 5.91 Å². The highest BCUT2D eigenvalue weighted by Crippen LogP contribution is 2.19. The maximum atomic E-state index is 13.7. The zero-order valence-corrected chi connectivity index (χ0v) is 23.7. The third-order valence-corrected chi connectivity index (χ3v) is 7.44. The molecule has 3 atom stereocenters. The van der Waals surface area contributed by atoms with Crippen LogP contribution < -0.4 is 10.6 Å². The first-order chi connectivity index (χ1) is 20.0. The van der Waals surface area contributed by atoms with Crippen LogP contribution in [0.1, 0.15) is 48.2 Å². The highest BCUT2D eigenvalue weighted by atomic mass is 16.5. The van der Waals surface area contributed by atoms with Crippen molar-refractivity contribution in [2.24, 2.45) is 5.92 Å². The molecule has 2 amide bonds. The number of nitrogens with one attached hydrogen (secondary N) is 2. The summed E-state index contributed by atoms with van der Waals surface area (Å²) in [5.74, 6) is -1.04. The summed E-state index contributed by atoms with van der Waals surface area (Å²) in [6.45, 7) is 4.09. The molecular formula is C35H38N2O4. The van der Waals surface area contributed by atoms with E-state index in [4.69, 9.17) is 4.74 Å². The van der Waals surface area contributed by atoms with Crippen LogP contribution in [-0.4, -0.2) is 36.3 Å². The average molecular weight is 551 g/mol. The molecule has 0 fully saturated rings. The molecule has 0 saturated carbocycles. The molecule has 4 aromatic rings. The number of hydrogen-bond acceptors (Lipinski definition) is 4. The molecule has 0 bridgehead atoms. The fourth-order valence-electron chi connectivity index (χ4n) is 4.82. The second kappa shape index (κ2) is 14.9. The maximum absolute atomic E-state index is 13.7. The highest BCUT2D eigenvalue weighted by Gasteiger charge is 2.30. The smallest absolute Gasteiger partial charge is 0.252 e. The number of carbonyl (C=O) groups is 3. The van der Waals surface area contributed by atoms with Gasteiger partial charge in [0.15, 0.2) is 5.78 Å². The molecule has 0 aliphatic heterocycles. The molecule has 4 rings (SSSR count). The van der Waals surface area contributed by atoms with Gasteiger partial charge in [-0.1, -0.05) is 117 Å². The van der Waals surface area contributed by atoms with Crippen LogP contribution >= 0.6 is 0 Å². The van der Waals surface area contributed by atoms with Crippen molar-refractivity contribution in [2.75, 3.05) is 6.61 Å². The number of amides is 2. The van der Waals surface area contributed by atoms with Crippen molar-refractivity contribution < 1.29 is 19.1 Å². The summed E-state index contributed by atoms with van der Waals surface area (Å²) in [5.41, 5.74) is 2.56. The molecule has 2 N–H and O–H groups in total. The lowest BCUT2D eigenvalue weighted by molar-refractivity contribution is -0.132. The lowest BCUT2D eigenvalue weighted by Gasteiger charge is -2.26. The Balaban J connectivity index is 1.48. The third-order valence-electron chi connectivity index (χ3n) is 7.44. The Morgan fingerprint density at radius 3 is 2.10 bits per heavy atom. The molecule has 4 aromatic carbocycles. The van der Waals surface area contributed by atoms with Crippen LogP contribution in [0.15, 0.2) is 103 Å². The molecule has 0 saturated heterocycles. The Morgan fingerprint density at radius 1 is 0.756 bits per heavy atom. The second-order valence-corrected chi connectivity index (χ2v) is 10.4. The molecule has 0 unspecified atom stereocenters. The Labute approximate surface area is 242 Å². The number of aryl methyl sites for hydroxylation is 1. The lowest BCUT2D eigenvalue weighted by Crippen LogP contribution is -2.54. The molecule has 0 aromatic heterocycles. The molecule has 0 heterocycles. The Kier molecular flexibility index (Phi) is 10.8. The number of Topliss-reactive ketones (excluding diaryl/α,β-unsaturated/α-hetero) is 1. The van der Waals surface area contributed by atoms with Crippen LogP contribution in [0.2, 0.25) is 0 Å². The van der Waals surface area contributed by atoms with Gasteiger partial charge < -0.3 is 15.4 Å². The van der Waals surface area contributed by atoms with E-state index < -0.39 is 12.1 Å². The van der Waals surface area contributed by atoms with Crippen LogP contribution in [0.5, 0.6) is 0 Å². The van der Waals surface area contributed by atoms with E-state index in [1.165, 1.54) is 0 Å². The van der Waals surface area contributed by atoms with Crippen molar-refractivity contribution in [3.8, 4) is 0 Å². The van der Waals surface area contributed by atoms with Gasteiger partial charge >= 0.3 is 0 Å². The Morgan fingerprint density at radius 2 is 1.39 bits per heavy atom. The van der Waals surface area contributed by atoms with Crippen LogP contribution in [-0.2, 0) is 27.4 Å². The standard InChI is InChI=1S/C35H38N2O4/c1-3-25(2)33(37-34(39)30-20-12-18-28-17-10-11-19-29(28)30)35(40)36-31(22-21-26-13-6-4-7-14-26)32(38)24-41-23-27-15-8-5-9-16-27/h4-20,25,31,33H,3,21-24H2,1-2H3,(H,36,40)(H,37,39)/t25-,31+,33+/m1/s1. The van der Waals surface area contributed by atoms with Crippen molar-refractivity contribution in [1.29, 1.82) is 0 Å². The molecule has 0 spiro atoms. The average Bonchev–Trinajstić information content (AvgIpc) is 3.01. The van der Waals surface area contributed by atoms with Gasteiger partial charge in [-0.2, -0.15) is 0 Å². The number of hydrogen-bond donors (Lipinski definition) is 2. The van der Waals surface area contributed by atoms with Gasteiger partial charge in [0, 0.05) is 5.56 Å². The fourth-order valence-corrected chi connectivity index (χ4v) is 4.82. The van der Waals surface area contributed by atoms with Gasteiger partial charge in [-0.3, -0.25) is 14.4 Å². The number of fused-ring (bicyclic) bond motifs is 1. The van der Waals surface area contributed by atoms with Crippen molar-refractivity contribution in [3.05, 3.63) is 120 Å². The van der Waals surface area contributed by atoms with Gasteiger partial charge in [-0.15, -0.1) is 0 Å². The van der Waals surface area contributed by atoms with Gasteiger partial charge in [-0.25, -0.2) is 0 Å². The van der Waals surface area contributed by atoms with Gasteiger partial charge in [0.1, 0.15) is 12.6 Å². The number of benzene rings is 4. The summed E-state index contributed by atoms with van der Waals surface area (Å²) in [7, 11) is 0. The summed E-state index contributed by atoms with van der Waals surface area (Å²) in [6, 6.07) is 31.2. The van der Waals surface area contributed by atoms with Gasteiger partial charge in [0.05, 0.1) is 12.6 Å². The minimum Gasteiger partial charge on any atom is -0.369 e. The topological polar surface area (TPSA) is 84.5 Å². The first kappa shape index (κ1) is 29.7. The molecular weight excluding hydrogens is 512 g/mol. The van der Waals surface area contributed by atoms with E-state index >= 15 is 0 Å². The minimum atomic E-state index is -0.802. The number of carbonyl (C=O) groups excluding carboxylic acids is 3. The summed E-state index contributed by atoms with van der Waals surface area (Å²) >= 11 is 0. The number of ketones is 1. The molecule has 6 heteroatoms. The fraction of sp³-hybridized carbons (Fsp3) is 0.286. The van der Waals surface area contributed by atoms with E-state index in [1.54, 1.807) is 6.07 Å². The van der Waals surface area contributed by atoms with Crippen LogP contribution in [0, 0.1) is 5.92 Å². The Hall–Kier alpha value is -4.29. The largest absolute Gasteiger partial charge is 0.369 e. The van der Waals surface area contributed by atoms with Gasteiger partial charge in [0.2, 0.25) is 5.91 Å². The molecule has 41 heavy (non-hydrogen) atoms.